The van der Waals surface area contributed by atoms with Gasteiger partial charge in [-0.25, -0.2) is 4.39 Å². The van der Waals surface area contributed by atoms with Gasteiger partial charge in [-0.2, -0.15) is 0 Å². The van der Waals surface area contributed by atoms with Gasteiger partial charge in [-0.15, -0.1) is 0 Å². The van der Waals surface area contributed by atoms with E-state index < -0.39 is 5.54 Å². The lowest BCUT2D eigenvalue weighted by Crippen LogP contribution is -2.50. The number of halogens is 1. The Labute approximate surface area is 113 Å². The zero-order valence-electron chi connectivity index (χ0n) is 11.4. The summed E-state index contributed by atoms with van der Waals surface area (Å²) in [6.45, 7) is 4.03. The number of nitrogens with one attached hydrogen (secondary N) is 2. The summed E-state index contributed by atoms with van der Waals surface area (Å²) in [5.41, 5.74) is 0.135. The smallest absolute Gasteiger partial charge is 0.238 e. The first-order chi connectivity index (χ1) is 9.05. The highest BCUT2D eigenvalue weighted by Crippen LogP contribution is 2.13. The largest absolute Gasteiger partial charge is 0.394 e. The number of amides is 1. The first-order valence-electron chi connectivity index (χ1n) is 6.46. The lowest BCUT2D eigenvalue weighted by Gasteiger charge is -2.30. The van der Waals surface area contributed by atoms with Crippen molar-refractivity contribution in [3.63, 3.8) is 0 Å². The molecule has 0 saturated heterocycles. The summed E-state index contributed by atoms with van der Waals surface area (Å²) in [6, 6.07) is 5.59. The molecule has 0 radical (unpaired) electrons. The summed E-state index contributed by atoms with van der Waals surface area (Å²) in [5.74, 6) is -0.557. The molecule has 0 atom stereocenters. The fourth-order valence-electron chi connectivity index (χ4n) is 1.79. The highest BCUT2D eigenvalue weighted by Gasteiger charge is 2.24. The predicted molar refractivity (Wildman–Crippen MR) is 73.4 cm³/mol. The molecular formula is C14H21FN2O2. The third-order valence-corrected chi connectivity index (χ3v) is 3.41. The van der Waals surface area contributed by atoms with Crippen LogP contribution in [-0.4, -0.2) is 29.7 Å². The number of hydrogen-bond donors (Lipinski definition) is 3. The topological polar surface area (TPSA) is 61.4 Å². The van der Waals surface area contributed by atoms with Crippen molar-refractivity contribution in [2.45, 2.75) is 32.2 Å². The summed E-state index contributed by atoms with van der Waals surface area (Å²) >= 11 is 0. The summed E-state index contributed by atoms with van der Waals surface area (Å²) in [6.07, 6.45) is 1.48. The average molecular weight is 268 g/mol. The van der Waals surface area contributed by atoms with E-state index in [9.17, 15) is 14.3 Å². The summed E-state index contributed by atoms with van der Waals surface area (Å²) in [4.78, 5) is 11.7. The van der Waals surface area contributed by atoms with E-state index in [2.05, 4.69) is 10.6 Å². The van der Waals surface area contributed by atoms with Gasteiger partial charge in [0.15, 0.2) is 0 Å². The minimum Gasteiger partial charge on any atom is -0.394 e. The Morgan fingerprint density at radius 2 is 1.84 bits per heavy atom. The van der Waals surface area contributed by atoms with Gasteiger partial charge in [0.1, 0.15) is 5.82 Å². The van der Waals surface area contributed by atoms with E-state index >= 15 is 0 Å². The first-order valence-corrected chi connectivity index (χ1v) is 6.46. The van der Waals surface area contributed by atoms with Crippen LogP contribution in [0.4, 0.5) is 10.1 Å². The summed E-state index contributed by atoms with van der Waals surface area (Å²) < 4.78 is 12.7. The van der Waals surface area contributed by atoms with Crippen LogP contribution in [0, 0.1) is 5.82 Å². The molecule has 4 nitrogen and oxygen atoms in total. The molecule has 5 heteroatoms. The van der Waals surface area contributed by atoms with Gasteiger partial charge in [-0.3, -0.25) is 4.79 Å². The van der Waals surface area contributed by atoms with Crippen LogP contribution in [0.25, 0.3) is 0 Å². The highest BCUT2D eigenvalue weighted by atomic mass is 19.1. The highest BCUT2D eigenvalue weighted by molar-refractivity contribution is 5.92. The van der Waals surface area contributed by atoms with Crippen LogP contribution < -0.4 is 10.6 Å². The SMILES string of the molecule is CCC(CC)(CO)NCC(=O)Nc1ccc(F)cc1. The Balaban J connectivity index is 2.49. The number of benzene rings is 1. The Hall–Kier alpha value is -1.46. The second-order valence-electron chi connectivity index (χ2n) is 4.55. The second-order valence-corrected chi connectivity index (χ2v) is 4.55. The minimum atomic E-state index is -0.417. The maximum atomic E-state index is 12.7. The van der Waals surface area contributed by atoms with Crippen LogP contribution in [0.1, 0.15) is 26.7 Å². The molecule has 0 aliphatic carbocycles. The number of aliphatic hydroxyl groups is 1. The van der Waals surface area contributed by atoms with E-state index in [0.717, 1.165) is 12.8 Å². The summed E-state index contributed by atoms with van der Waals surface area (Å²) in [5, 5.41) is 15.1. The summed E-state index contributed by atoms with van der Waals surface area (Å²) in [7, 11) is 0. The molecule has 0 aliphatic heterocycles. The van der Waals surface area contributed by atoms with Crippen molar-refractivity contribution in [2.75, 3.05) is 18.5 Å². The Bertz CT molecular complexity index is 394. The zero-order valence-corrected chi connectivity index (χ0v) is 11.4. The molecule has 1 aromatic rings. The van der Waals surface area contributed by atoms with Crippen LogP contribution in [0.15, 0.2) is 24.3 Å². The lowest BCUT2D eigenvalue weighted by atomic mass is 9.94. The second kappa shape index (κ2) is 7.21. The molecule has 0 bridgehead atoms. The van der Waals surface area contributed by atoms with Gasteiger partial charge in [0.05, 0.1) is 13.2 Å². The third-order valence-electron chi connectivity index (χ3n) is 3.41. The van der Waals surface area contributed by atoms with Crippen molar-refractivity contribution in [2.24, 2.45) is 0 Å². The number of carbonyl (C=O) groups is 1. The standard InChI is InChI=1S/C14H21FN2O2/c1-3-14(4-2,10-18)16-9-13(19)17-12-7-5-11(15)6-8-12/h5-8,16,18H,3-4,9-10H2,1-2H3,(H,17,19). The van der Waals surface area contributed by atoms with E-state index in [1.165, 1.54) is 24.3 Å². The zero-order chi connectivity index (χ0) is 14.3. The molecule has 1 rings (SSSR count). The number of rotatable bonds is 7. The molecule has 19 heavy (non-hydrogen) atoms. The van der Waals surface area contributed by atoms with Crippen molar-refractivity contribution < 1.29 is 14.3 Å². The maximum absolute atomic E-state index is 12.7. The molecule has 3 N–H and O–H groups in total. The molecule has 0 fully saturated rings. The molecule has 0 aliphatic rings. The van der Waals surface area contributed by atoms with E-state index in [1.807, 2.05) is 13.8 Å². The number of carbonyl (C=O) groups excluding carboxylic acids is 1. The van der Waals surface area contributed by atoms with Gasteiger partial charge in [-0.1, -0.05) is 13.8 Å². The fourth-order valence-corrected chi connectivity index (χ4v) is 1.79. The average Bonchev–Trinajstić information content (AvgIpc) is 2.44. The Kier molecular flexibility index (Phi) is 5.92. The number of hydrogen-bond acceptors (Lipinski definition) is 3. The van der Waals surface area contributed by atoms with Crippen molar-refractivity contribution in [3.05, 3.63) is 30.1 Å². The Morgan fingerprint density at radius 3 is 2.32 bits per heavy atom. The molecular weight excluding hydrogens is 247 g/mol. The fraction of sp³-hybridized carbons (Fsp3) is 0.500. The van der Waals surface area contributed by atoms with Crippen LogP contribution in [0.2, 0.25) is 0 Å². The van der Waals surface area contributed by atoms with Gasteiger partial charge in [0, 0.05) is 11.2 Å². The van der Waals surface area contributed by atoms with E-state index in [4.69, 9.17) is 0 Å². The minimum absolute atomic E-state index is 0.0101. The van der Waals surface area contributed by atoms with Crippen LogP contribution in [-0.2, 0) is 4.79 Å². The van der Waals surface area contributed by atoms with Crippen LogP contribution in [0.3, 0.4) is 0 Å². The first kappa shape index (κ1) is 15.6. The van der Waals surface area contributed by atoms with Gasteiger partial charge in [0.2, 0.25) is 5.91 Å². The molecule has 0 aromatic heterocycles. The molecule has 1 amide bonds. The van der Waals surface area contributed by atoms with Crippen molar-refractivity contribution in [3.8, 4) is 0 Å². The normalized spacial score (nSPS) is 11.4. The molecule has 0 unspecified atom stereocenters. The van der Waals surface area contributed by atoms with Crippen LogP contribution >= 0.6 is 0 Å². The van der Waals surface area contributed by atoms with Gasteiger partial charge >= 0.3 is 0 Å². The number of aliphatic hydroxyl groups excluding tert-OH is 1. The molecule has 0 saturated carbocycles. The van der Waals surface area contributed by atoms with Crippen molar-refractivity contribution in [1.29, 1.82) is 0 Å². The van der Waals surface area contributed by atoms with Crippen molar-refractivity contribution in [1.82, 2.24) is 5.32 Å². The van der Waals surface area contributed by atoms with Gasteiger partial charge < -0.3 is 15.7 Å². The van der Waals surface area contributed by atoms with E-state index in [-0.39, 0.29) is 24.9 Å². The van der Waals surface area contributed by atoms with Gasteiger partial charge in [0.25, 0.3) is 0 Å². The Morgan fingerprint density at radius 1 is 1.26 bits per heavy atom. The quantitative estimate of drug-likeness (QED) is 0.708. The predicted octanol–water partition coefficient (Wildman–Crippen LogP) is 1.90. The monoisotopic (exact) mass is 268 g/mol. The van der Waals surface area contributed by atoms with Gasteiger partial charge in [-0.05, 0) is 37.1 Å². The molecule has 1 aromatic carbocycles. The van der Waals surface area contributed by atoms with Crippen LogP contribution in [0.5, 0.6) is 0 Å². The third kappa shape index (κ3) is 4.61. The number of anilines is 1. The lowest BCUT2D eigenvalue weighted by molar-refractivity contribution is -0.115. The van der Waals surface area contributed by atoms with E-state index in [0.29, 0.717) is 5.69 Å². The molecule has 0 heterocycles. The molecule has 0 spiro atoms. The van der Waals surface area contributed by atoms with E-state index in [1.54, 1.807) is 0 Å². The molecule has 106 valence electrons. The van der Waals surface area contributed by atoms with Crippen molar-refractivity contribution >= 4 is 11.6 Å². The maximum Gasteiger partial charge on any atom is 0.238 e.